The summed E-state index contributed by atoms with van der Waals surface area (Å²) >= 11 is 0. The number of urea groups is 1. The van der Waals surface area contributed by atoms with Gasteiger partial charge in [0.05, 0.1) is 28.1 Å². The molecule has 2 heterocycles. The molecule has 3 amide bonds. The van der Waals surface area contributed by atoms with Gasteiger partial charge in [0.1, 0.15) is 11.9 Å². The number of alkyl halides is 3. The Labute approximate surface area is 214 Å². The number of rotatable bonds is 4. The number of hydrogen-bond acceptors (Lipinski definition) is 4. The molecule has 2 aliphatic heterocycles. The highest BCUT2D eigenvalue weighted by atomic mass is 19.4. The first kappa shape index (κ1) is 27.8. The molecule has 0 saturated carbocycles. The number of nitrogens with zero attached hydrogens (tertiary/aromatic N) is 1. The van der Waals surface area contributed by atoms with Crippen molar-refractivity contribution in [1.29, 1.82) is 0 Å². The smallest absolute Gasteiger partial charge is 0.399 e. The lowest BCUT2D eigenvalue weighted by molar-refractivity contribution is -0.137. The lowest BCUT2D eigenvalue weighted by atomic mass is 9.78. The molecule has 0 aromatic heterocycles. The predicted octanol–water partition coefficient (Wildman–Crippen LogP) is 4.35. The zero-order valence-corrected chi connectivity index (χ0v) is 20.8. The molecule has 0 radical (unpaired) electrons. The highest BCUT2D eigenvalue weighted by Gasteiger charge is 2.53. The maximum atomic E-state index is 15.1. The van der Waals surface area contributed by atoms with E-state index < -0.39 is 71.2 Å². The van der Waals surface area contributed by atoms with Gasteiger partial charge in [-0.25, -0.2) is 18.0 Å². The topological polar surface area (TPSA) is 79.9 Å². The minimum Gasteiger partial charge on any atom is -0.399 e. The van der Waals surface area contributed by atoms with E-state index in [4.69, 9.17) is 9.31 Å². The van der Waals surface area contributed by atoms with E-state index in [1.807, 2.05) is 5.32 Å². The molecule has 2 aromatic carbocycles. The molecule has 2 aromatic rings. The van der Waals surface area contributed by atoms with Gasteiger partial charge in [-0.3, -0.25) is 4.79 Å². The maximum Gasteiger partial charge on any atom is 0.497 e. The summed E-state index contributed by atoms with van der Waals surface area (Å²) in [5, 5.41) is 4.31. The summed E-state index contributed by atoms with van der Waals surface area (Å²) in [5.74, 6) is -4.63. The first-order valence-corrected chi connectivity index (χ1v) is 11.6. The Balaban J connectivity index is 1.44. The number of amides is 3. The molecule has 2 aliphatic rings. The molecule has 4 rings (SSSR count). The van der Waals surface area contributed by atoms with Crippen molar-refractivity contribution in [2.45, 2.75) is 57.5 Å². The Hall–Kier alpha value is -3.26. The van der Waals surface area contributed by atoms with Crippen molar-refractivity contribution in [2.75, 3.05) is 16.8 Å². The molecular weight excluding hydrogens is 519 g/mol. The fraction of sp³-hybridized carbons (Fsp3) is 0.417. The predicted molar refractivity (Wildman–Crippen MR) is 126 cm³/mol. The van der Waals surface area contributed by atoms with Crippen molar-refractivity contribution in [2.24, 2.45) is 0 Å². The van der Waals surface area contributed by atoms with Crippen molar-refractivity contribution in [1.82, 2.24) is 5.32 Å². The lowest BCUT2D eigenvalue weighted by Gasteiger charge is -2.32. The van der Waals surface area contributed by atoms with Crippen molar-refractivity contribution >= 4 is 35.9 Å². The summed E-state index contributed by atoms with van der Waals surface area (Å²) in [7, 11) is -1.17. The van der Waals surface area contributed by atoms with Gasteiger partial charge in [0.2, 0.25) is 5.91 Å². The van der Waals surface area contributed by atoms with E-state index in [2.05, 4.69) is 5.32 Å². The van der Waals surface area contributed by atoms with E-state index in [0.29, 0.717) is 6.07 Å². The van der Waals surface area contributed by atoms with Gasteiger partial charge in [-0.15, -0.1) is 0 Å². The van der Waals surface area contributed by atoms with E-state index in [9.17, 15) is 27.2 Å². The second-order valence-corrected chi connectivity index (χ2v) is 10.0. The van der Waals surface area contributed by atoms with Crippen molar-refractivity contribution in [3.05, 3.63) is 53.3 Å². The van der Waals surface area contributed by atoms with Crippen LogP contribution in [0, 0.1) is 17.5 Å². The molecule has 0 bridgehead atoms. The summed E-state index contributed by atoms with van der Waals surface area (Å²) in [6.07, 6.45) is -4.75. The molecule has 14 heteroatoms. The van der Waals surface area contributed by atoms with Crippen LogP contribution < -0.4 is 21.0 Å². The number of carbonyl (C=O) groups excluding carboxylic acids is 2. The fourth-order valence-electron chi connectivity index (χ4n) is 4.08. The summed E-state index contributed by atoms with van der Waals surface area (Å²) in [6, 6.07) is 1.78. The summed E-state index contributed by atoms with van der Waals surface area (Å²) in [4.78, 5) is 26.1. The van der Waals surface area contributed by atoms with Crippen LogP contribution >= 0.6 is 0 Å². The third kappa shape index (κ3) is 5.06. The number of nitrogens with one attached hydrogen (secondary N) is 2. The standard InChI is InChI=1S/C24H24BF6N3O4/c1-22(2)23(3,4)38-25(37-22)13-6-8-17(19(28)18(13)27)34-10-9-16(20(34)35)33-21(36)32-15-7-5-12(11-14(15)26)24(29,30)31/h5-8,11,16H,9-10H2,1-4H3,(H2,32,33,36). The first-order valence-electron chi connectivity index (χ1n) is 11.6. The van der Waals surface area contributed by atoms with Gasteiger partial charge < -0.3 is 24.8 Å². The Kier molecular flexibility index (Phi) is 6.94. The third-order valence-electron chi connectivity index (χ3n) is 6.95. The quantitative estimate of drug-likeness (QED) is 0.444. The van der Waals surface area contributed by atoms with E-state index in [1.165, 1.54) is 12.1 Å². The van der Waals surface area contributed by atoms with Crippen LogP contribution in [0.2, 0.25) is 0 Å². The van der Waals surface area contributed by atoms with Gasteiger partial charge in [-0.05, 0) is 58.4 Å². The van der Waals surface area contributed by atoms with Crippen molar-refractivity contribution < 1.29 is 45.2 Å². The Morgan fingerprint density at radius 1 is 1.03 bits per heavy atom. The van der Waals surface area contributed by atoms with Crippen LogP contribution in [-0.4, -0.2) is 42.8 Å². The highest BCUT2D eigenvalue weighted by molar-refractivity contribution is 6.62. The largest absolute Gasteiger partial charge is 0.497 e. The summed E-state index contributed by atoms with van der Waals surface area (Å²) < 4.78 is 93.7. The number of carbonyl (C=O) groups is 2. The lowest BCUT2D eigenvalue weighted by Crippen LogP contribution is -2.44. The van der Waals surface area contributed by atoms with E-state index in [0.717, 1.165) is 11.0 Å². The van der Waals surface area contributed by atoms with Crippen LogP contribution in [0.5, 0.6) is 0 Å². The van der Waals surface area contributed by atoms with Crippen LogP contribution in [0.25, 0.3) is 0 Å². The number of anilines is 2. The minimum atomic E-state index is -4.77. The average molecular weight is 543 g/mol. The van der Waals surface area contributed by atoms with Gasteiger partial charge in [0.15, 0.2) is 11.6 Å². The summed E-state index contributed by atoms with van der Waals surface area (Å²) in [6.45, 7) is 6.97. The SMILES string of the molecule is CC1(C)OB(c2ccc(N3CCC(NC(=O)Nc4ccc(C(F)(F)F)cc4F)C3=O)c(F)c2F)OC1(C)C. The fourth-order valence-corrected chi connectivity index (χ4v) is 4.08. The maximum absolute atomic E-state index is 15.1. The highest BCUT2D eigenvalue weighted by Crippen LogP contribution is 2.37. The molecule has 38 heavy (non-hydrogen) atoms. The van der Waals surface area contributed by atoms with Crippen LogP contribution in [0.3, 0.4) is 0 Å². The molecule has 7 nitrogen and oxygen atoms in total. The molecule has 1 atom stereocenters. The second-order valence-electron chi connectivity index (χ2n) is 10.0. The van der Waals surface area contributed by atoms with Gasteiger partial charge in [-0.2, -0.15) is 13.2 Å². The Bertz CT molecular complexity index is 1270. The van der Waals surface area contributed by atoms with Crippen molar-refractivity contribution in [3.63, 3.8) is 0 Å². The van der Waals surface area contributed by atoms with Crippen LogP contribution in [0.4, 0.5) is 42.5 Å². The second kappa shape index (κ2) is 9.49. The number of benzene rings is 2. The zero-order chi connectivity index (χ0) is 28.2. The third-order valence-corrected chi connectivity index (χ3v) is 6.95. The van der Waals surface area contributed by atoms with E-state index in [-0.39, 0.29) is 30.2 Å². The van der Waals surface area contributed by atoms with Crippen LogP contribution in [0.15, 0.2) is 30.3 Å². The molecule has 2 N–H and O–H groups in total. The van der Waals surface area contributed by atoms with Crippen LogP contribution in [-0.2, 0) is 20.3 Å². The zero-order valence-electron chi connectivity index (χ0n) is 20.8. The van der Waals surface area contributed by atoms with Gasteiger partial charge in [0, 0.05) is 12.0 Å². The Morgan fingerprint density at radius 2 is 1.66 bits per heavy atom. The van der Waals surface area contributed by atoms with Gasteiger partial charge in [-0.1, -0.05) is 6.07 Å². The number of hydrogen-bond donors (Lipinski definition) is 2. The van der Waals surface area contributed by atoms with E-state index in [1.54, 1.807) is 27.7 Å². The summed E-state index contributed by atoms with van der Waals surface area (Å²) in [5.41, 5.74) is -3.87. The molecule has 0 spiro atoms. The van der Waals surface area contributed by atoms with Crippen LogP contribution in [0.1, 0.15) is 39.7 Å². The molecule has 204 valence electrons. The minimum absolute atomic E-state index is 0.0157. The molecule has 1 unspecified atom stereocenters. The monoisotopic (exact) mass is 543 g/mol. The van der Waals surface area contributed by atoms with Gasteiger partial charge >= 0.3 is 19.3 Å². The van der Waals surface area contributed by atoms with Crippen molar-refractivity contribution in [3.8, 4) is 0 Å². The molecule has 2 saturated heterocycles. The van der Waals surface area contributed by atoms with E-state index >= 15 is 8.78 Å². The average Bonchev–Trinajstić information content (AvgIpc) is 3.25. The molecule has 0 aliphatic carbocycles. The van der Waals surface area contributed by atoms with Gasteiger partial charge in [0.25, 0.3) is 0 Å². The normalized spacial score (nSPS) is 20.7. The number of halogens is 6. The molecule has 2 fully saturated rings. The Morgan fingerprint density at radius 3 is 2.24 bits per heavy atom. The molecular formula is C24H24BF6N3O4. The first-order chi connectivity index (χ1) is 17.5.